The van der Waals surface area contributed by atoms with E-state index in [1.54, 1.807) is 12.4 Å². The van der Waals surface area contributed by atoms with Gasteiger partial charge in [-0.2, -0.15) is 5.10 Å². The van der Waals surface area contributed by atoms with Gasteiger partial charge in [-0.15, -0.1) is 0 Å². The normalized spacial score (nSPS) is 12.7. The summed E-state index contributed by atoms with van der Waals surface area (Å²) in [4.78, 5) is 29.1. The van der Waals surface area contributed by atoms with E-state index in [9.17, 15) is 4.79 Å². The Labute approximate surface area is 220 Å². The third kappa shape index (κ3) is 4.88. The number of aromatic amines is 2. The van der Waals surface area contributed by atoms with Crippen molar-refractivity contribution in [3.63, 3.8) is 0 Å². The van der Waals surface area contributed by atoms with Crippen LogP contribution in [0.5, 0.6) is 0 Å². The number of nitrogens with one attached hydrogen (secondary N) is 3. The molecule has 5 rings (SSSR count). The first kappa shape index (κ1) is 24.8. The Morgan fingerprint density at radius 2 is 1.95 bits per heavy atom. The Bertz CT molecular complexity index is 1720. The van der Waals surface area contributed by atoms with Crippen LogP contribution in [0.1, 0.15) is 33.4 Å². The van der Waals surface area contributed by atoms with Gasteiger partial charge in [-0.1, -0.05) is 39.0 Å². The molecule has 0 unspecified atom stereocenters. The van der Waals surface area contributed by atoms with Crippen molar-refractivity contribution >= 4 is 40.1 Å². The third-order valence-corrected chi connectivity index (χ3v) is 6.19. The zero-order valence-corrected chi connectivity index (χ0v) is 21.8. The number of hydrogen-bond donors (Lipinski definition) is 3. The number of aromatic nitrogens is 5. The molecule has 0 bridgehead atoms. The Balaban J connectivity index is 1.55. The van der Waals surface area contributed by atoms with Crippen LogP contribution >= 0.6 is 0 Å². The molecule has 8 nitrogen and oxygen atoms in total. The van der Waals surface area contributed by atoms with Crippen molar-refractivity contribution in [1.82, 2.24) is 30.5 Å². The molecule has 0 saturated carbocycles. The number of amides is 1. The summed E-state index contributed by atoms with van der Waals surface area (Å²) in [7, 11) is 0. The fourth-order valence-electron chi connectivity index (χ4n) is 4.22. The maximum atomic E-state index is 12.4. The molecule has 0 fully saturated rings. The summed E-state index contributed by atoms with van der Waals surface area (Å²) in [6.07, 6.45) is 7.10. The molecule has 0 radical (unpaired) electrons. The van der Waals surface area contributed by atoms with Gasteiger partial charge in [-0.05, 0) is 55.6 Å². The van der Waals surface area contributed by atoms with Crippen molar-refractivity contribution in [3.05, 3.63) is 84.6 Å². The molecule has 38 heavy (non-hydrogen) atoms. The number of carbonyl (C=O) groups excluding carboxylic acids is 1. The Morgan fingerprint density at radius 1 is 1.11 bits per heavy atom. The molecule has 3 N–H and O–H groups in total. The van der Waals surface area contributed by atoms with Gasteiger partial charge in [0.2, 0.25) is 5.91 Å². The SMILES string of the molecule is C=N/C=C(\C=C(/C)NC(=O)C(C)(C)C)c1ccc2[nH]nc(-c3cc4c(-c5cccnc5)cccc4[nH]3)c2n1. The highest BCUT2D eigenvalue weighted by Gasteiger charge is 2.21. The molecule has 190 valence electrons. The Kier molecular flexibility index (Phi) is 6.46. The van der Waals surface area contributed by atoms with E-state index in [4.69, 9.17) is 4.98 Å². The van der Waals surface area contributed by atoms with E-state index in [1.165, 1.54) is 0 Å². The van der Waals surface area contributed by atoms with Crippen LogP contribution in [0.15, 0.2) is 83.9 Å². The molecule has 5 aromatic rings. The molecular weight excluding hydrogens is 474 g/mol. The Hall–Kier alpha value is -4.85. The highest BCUT2D eigenvalue weighted by molar-refractivity contribution is 6.00. The summed E-state index contributed by atoms with van der Waals surface area (Å²) in [5.74, 6) is -0.0674. The van der Waals surface area contributed by atoms with E-state index < -0.39 is 5.41 Å². The smallest absolute Gasteiger partial charge is 0.229 e. The summed E-state index contributed by atoms with van der Waals surface area (Å²) in [6, 6.07) is 16.1. The Morgan fingerprint density at radius 3 is 2.68 bits per heavy atom. The highest BCUT2D eigenvalue weighted by atomic mass is 16.2. The number of H-pyrrole nitrogens is 2. The van der Waals surface area contributed by atoms with Gasteiger partial charge in [0.05, 0.1) is 16.9 Å². The molecule has 1 amide bonds. The largest absolute Gasteiger partial charge is 0.353 e. The lowest BCUT2D eigenvalue weighted by molar-refractivity contribution is -0.127. The third-order valence-electron chi connectivity index (χ3n) is 6.19. The zero-order chi connectivity index (χ0) is 26.9. The fraction of sp³-hybridized carbons (Fsp3) is 0.167. The highest BCUT2D eigenvalue weighted by Crippen LogP contribution is 2.33. The quantitative estimate of drug-likeness (QED) is 0.187. The van der Waals surface area contributed by atoms with Crippen LogP contribution in [-0.2, 0) is 4.79 Å². The predicted molar refractivity (Wildman–Crippen MR) is 153 cm³/mol. The number of benzene rings is 1. The average Bonchev–Trinajstić information content (AvgIpc) is 3.52. The monoisotopic (exact) mass is 503 g/mol. The van der Waals surface area contributed by atoms with Crippen molar-refractivity contribution < 1.29 is 4.79 Å². The molecule has 0 atom stereocenters. The molecule has 4 aromatic heterocycles. The average molecular weight is 504 g/mol. The van der Waals surface area contributed by atoms with Crippen molar-refractivity contribution in [3.8, 4) is 22.5 Å². The maximum absolute atomic E-state index is 12.4. The van der Waals surface area contributed by atoms with Gasteiger partial charge >= 0.3 is 0 Å². The summed E-state index contributed by atoms with van der Waals surface area (Å²) in [5, 5.41) is 11.7. The van der Waals surface area contributed by atoms with Gasteiger partial charge in [-0.25, -0.2) is 4.98 Å². The predicted octanol–water partition coefficient (Wildman–Crippen LogP) is 6.28. The maximum Gasteiger partial charge on any atom is 0.229 e. The summed E-state index contributed by atoms with van der Waals surface area (Å²) in [5.41, 5.74) is 7.81. The molecule has 0 aliphatic carbocycles. The van der Waals surface area contributed by atoms with Crippen molar-refractivity contribution in [2.24, 2.45) is 10.4 Å². The van der Waals surface area contributed by atoms with Gasteiger partial charge in [0, 0.05) is 51.7 Å². The molecule has 0 saturated heterocycles. The molecular formula is C30H29N7O. The number of carbonyl (C=O) groups is 1. The molecule has 0 aliphatic heterocycles. The molecule has 1 aromatic carbocycles. The summed E-state index contributed by atoms with van der Waals surface area (Å²) in [6.45, 7) is 11.1. The number of hydrogen-bond acceptors (Lipinski definition) is 5. The minimum atomic E-state index is -0.505. The van der Waals surface area contributed by atoms with Crippen molar-refractivity contribution in [2.75, 3.05) is 0 Å². The van der Waals surface area contributed by atoms with E-state index in [-0.39, 0.29) is 5.91 Å². The van der Waals surface area contributed by atoms with Crippen molar-refractivity contribution in [1.29, 1.82) is 0 Å². The van der Waals surface area contributed by atoms with Crippen molar-refractivity contribution in [2.45, 2.75) is 27.7 Å². The van der Waals surface area contributed by atoms with E-state index in [2.05, 4.69) is 49.3 Å². The van der Waals surface area contributed by atoms with E-state index in [1.807, 2.05) is 76.4 Å². The van der Waals surface area contributed by atoms with Crippen LogP contribution in [-0.4, -0.2) is 37.8 Å². The van der Waals surface area contributed by atoms with E-state index in [0.29, 0.717) is 17.1 Å². The molecule has 0 aliphatic rings. The number of allylic oxidation sites excluding steroid dienone is 3. The number of aliphatic imine (C=N–C) groups is 1. The number of nitrogens with zero attached hydrogens (tertiary/aromatic N) is 4. The van der Waals surface area contributed by atoms with Crippen LogP contribution in [0.25, 0.3) is 50.0 Å². The lowest BCUT2D eigenvalue weighted by Crippen LogP contribution is -2.33. The van der Waals surface area contributed by atoms with Crippen LogP contribution in [0, 0.1) is 5.41 Å². The second-order valence-electron chi connectivity index (χ2n) is 10.2. The van der Waals surface area contributed by atoms with Gasteiger partial charge < -0.3 is 10.3 Å². The first-order valence-electron chi connectivity index (χ1n) is 12.3. The lowest BCUT2D eigenvalue weighted by atomic mass is 9.95. The van der Waals surface area contributed by atoms with Crippen LogP contribution < -0.4 is 5.32 Å². The van der Waals surface area contributed by atoms with Crippen LogP contribution in [0.2, 0.25) is 0 Å². The van der Waals surface area contributed by atoms with E-state index in [0.717, 1.165) is 44.3 Å². The summed E-state index contributed by atoms with van der Waals surface area (Å²) >= 11 is 0. The minimum absolute atomic E-state index is 0.0674. The lowest BCUT2D eigenvalue weighted by Gasteiger charge is -2.18. The minimum Gasteiger partial charge on any atom is -0.353 e. The topological polar surface area (TPSA) is 112 Å². The zero-order valence-electron chi connectivity index (χ0n) is 21.8. The standard InChI is InChI=1S/C30H29N7O/c1-18(33-29(38)30(2,3)4)14-20(16-31-5)23-11-12-25-27(35-23)28(37-36-25)26-15-22-21(9-6-10-24(22)34-26)19-8-7-13-32-17-19/h6-17,34H,5H2,1-4H3,(H,33,38)(H,36,37)/b18-14+,20-16+. The molecule has 8 heteroatoms. The van der Waals surface area contributed by atoms with Gasteiger partial charge in [-0.3, -0.25) is 19.9 Å². The first-order chi connectivity index (χ1) is 18.2. The molecule has 0 spiro atoms. The second kappa shape index (κ2) is 9.89. The van der Waals surface area contributed by atoms with Crippen LogP contribution in [0.3, 0.4) is 0 Å². The van der Waals surface area contributed by atoms with Gasteiger partial charge in [0.15, 0.2) is 0 Å². The first-order valence-corrected chi connectivity index (χ1v) is 12.3. The summed E-state index contributed by atoms with van der Waals surface area (Å²) < 4.78 is 0. The van der Waals surface area contributed by atoms with Gasteiger partial charge in [0.1, 0.15) is 11.2 Å². The van der Waals surface area contributed by atoms with Gasteiger partial charge in [0.25, 0.3) is 0 Å². The number of pyridine rings is 2. The van der Waals surface area contributed by atoms with Crippen LogP contribution in [0.4, 0.5) is 0 Å². The number of rotatable bonds is 6. The van der Waals surface area contributed by atoms with E-state index >= 15 is 0 Å². The molecule has 4 heterocycles. The number of fused-ring (bicyclic) bond motifs is 2. The fourth-order valence-corrected chi connectivity index (χ4v) is 4.22. The second-order valence-corrected chi connectivity index (χ2v) is 10.2.